The van der Waals surface area contributed by atoms with E-state index in [-0.39, 0.29) is 16.3 Å². The van der Waals surface area contributed by atoms with Gasteiger partial charge in [-0.1, -0.05) is 23.7 Å². The predicted octanol–water partition coefficient (Wildman–Crippen LogP) is 4.04. The van der Waals surface area contributed by atoms with E-state index in [0.717, 1.165) is 5.69 Å². The van der Waals surface area contributed by atoms with E-state index in [0.29, 0.717) is 10.6 Å². The van der Waals surface area contributed by atoms with Crippen LogP contribution >= 0.6 is 11.6 Å². The van der Waals surface area contributed by atoms with Gasteiger partial charge in [0.05, 0.1) is 10.6 Å². The summed E-state index contributed by atoms with van der Waals surface area (Å²) in [4.78, 5) is 1.86. The summed E-state index contributed by atoms with van der Waals surface area (Å²) in [6, 6.07) is 11.5. The third-order valence-corrected chi connectivity index (χ3v) is 5.15. The Hall–Kier alpha value is -1.92. The molecule has 2 aromatic rings. The summed E-state index contributed by atoms with van der Waals surface area (Å²) in [5.41, 5.74) is 8.69. The zero-order valence-corrected chi connectivity index (χ0v) is 13.8. The number of nitrogens with one attached hydrogen (secondary N) is 1. The quantitative estimate of drug-likeness (QED) is 0.836. The maximum absolute atomic E-state index is 12.6. The SMILES string of the molecule is CN(C)c1ccc(N=N)c(S(=O)(=O)Cc2ccc(Cl)cc2)c1. The predicted molar refractivity (Wildman–Crippen MR) is 87.9 cm³/mol. The zero-order chi connectivity index (χ0) is 16.3. The fourth-order valence-corrected chi connectivity index (χ4v) is 3.65. The van der Waals surface area contributed by atoms with Crippen LogP contribution < -0.4 is 4.90 Å². The number of benzene rings is 2. The van der Waals surface area contributed by atoms with Crippen LogP contribution in [-0.4, -0.2) is 22.5 Å². The topological polar surface area (TPSA) is 73.6 Å². The minimum Gasteiger partial charge on any atom is -0.378 e. The molecule has 0 unspecified atom stereocenters. The van der Waals surface area contributed by atoms with Gasteiger partial charge in [0.25, 0.3) is 0 Å². The Morgan fingerprint density at radius 2 is 1.77 bits per heavy atom. The van der Waals surface area contributed by atoms with Gasteiger partial charge in [0.15, 0.2) is 9.84 Å². The molecule has 0 aliphatic carbocycles. The molecule has 1 N–H and O–H groups in total. The van der Waals surface area contributed by atoms with E-state index >= 15 is 0 Å². The molecule has 0 heterocycles. The molecule has 0 bridgehead atoms. The molecule has 0 saturated carbocycles. The van der Waals surface area contributed by atoms with Crippen LogP contribution in [0.4, 0.5) is 11.4 Å². The van der Waals surface area contributed by atoms with Gasteiger partial charge in [0.1, 0.15) is 5.69 Å². The van der Waals surface area contributed by atoms with Crippen molar-refractivity contribution in [3.8, 4) is 0 Å². The van der Waals surface area contributed by atoms with Crippen molar-refractivity contribution in [3.63, 3.8) is 0 Å². The van der Waals surface area contributed by atoms with Gasteiger partial charge in [0, 0.05) is 24.8 Å². The van der Waals surface area contributed by atoms with Gasteiger partial charge >= 0.3 is 0 Å². The van der Waals surface area contributed by atoms with Gasteiger partial charge < -0.3 is 4.90 Å². The average Bonchev–Trinajstić information content (AvgIpc) is 2.48. The molecule has 2 aromatic carbocycles. The van der Waals surface area contributed by atoms with Crippen LogP contribution in [0.2, 0.25) is 5.02 Å². The summed E-state index contributed by atoms with van der Waals surface area (Å²) in [6.45, 7) is 0. The number of hydrogen-bond acceptors (Lipinski definition) is 5. The summed E-state index contributed by atoms with van der Waals surface area (Å²) in [5, 5.41) is 3.88. The summed E-state index contributed by atoms with van der Waals surface area (Å²) in [6.07, 6.45) is 0. The molecule has 0 aromatic heterocycles. The molecule has 0 spiro atoms. The number of hydrogen-bond donors (Lipinski definition) is 1. The largest absolute Gasteiger partial charge is 0.378 e. The molecule has 0 aliphatic heterocycles. The Morgan fingerprint density at radius 1 is 1.14 bits per heavy atom. The second kappa shape index (κ2) is 6.46. The van der Waals surface area contributed by atoms with Crippen molar-refractivity contribution >= 4 is 32.8 Å². The second-order valence-electron chi connectivity index (χ2n) is 5.04. The van der Waals surface area contributed by atoms with Crippen LogP contribution in [0.15, 0.2) is 52.5 Å². The first-order valence-electron chi connectivity index (χ1n) is 6.49. The van der Waals surface area contributed by atoms with Crippen molar-refractivity contribution in [2.75, 3.05) is 19.0 Å². The number of anilines is 1. The Bertz CT molecular complexity index is 787. The van der Waals surface area contributed by atoms with E-state index in [9.17, 15) is 8.42 Å². The lowest BCUT2D eigenvalue weighted by molar-refractivity contribution is 0.595. The van der Waals surface area contributed by atoms with Crippen molar-refractivity contribution < 1.29 is 8.42 Å². The lowest BCUT2D eigenvalue weighted by atomic mass is 10.2. The molecule has 7 heteroatoms. The lowest BCUT2D eigenvalue weighted by Gasteiger charge is -2.15. The van der Waals surface area contributed by atoms with Crippen LogP contribution in [0.25, 0.3) is 0 Å². The first kappa shape index (κ1) is 16.5. The highest BCUT2D eigenvalue weighted by Gasteiger charge is 2.20. The van der Waals surface area contributed by atoms with Crippen LogP contribution in [-0.2, 0) is 15.6 Å². The molecular formula is C15H16ClN3O2S. The molecule has 22 heavy (non-hydrogen) atoms. The van der Waals surface area contributed by atoms with E-state index < -0.39 is 9.84 Å². The summed E-state index contributed by atoms with van der Waals surface area (Å²) >= 11 is 5.81. The molecule has 0 aliphatic rings. The summed E-state index contributed by atoms with van der Waals surface area (Å²) < 4.78 is 25.3. The third kappa shape index (κ3) is 3.64. The van der Waals surface area contributed by atoms with Gasteiger partial charge in [-0.15, -0.1) is 0 Å². The number of nitrogens with zero attached hydrogens (tertiary/aromatic N) is 2. The van der Waals surface area contributed by atoms with Crippen LogP contribution in [0.5, 0.6) is 0 Å². The second-order valence-corrected chi connectivity index (χ2v) is 7.44. The van der Waals surface area contributed by atoms with Gasteiger partial charge in [0.2, 0.25) is 0 Å². The standard InChI is InChI=1S/C15H16ClN3O2S/c1-19(2)13-7-8-14(18-17)15(9-13)22(20,21)10-11-3-5-12(16)6-4-11/h3-9,17H,10H2,1-2H3. The third-order valence-electron chi connectivity index (χ3n) is 3.19. The molecule has 116 valence electrons. The molecular weight excluding hydrogens is 322 g/mol. The highest BCUT2D eigenvalue weighted by Crippen LogP contribution is 2.31. The van der Waals surface area contributed by atoms with Crippen LogP contribution in [0, 0.1) is 5.53 Å². The monoisotopic (exact) mass is 337 g/mol. The normalized spacial score (nSPS) is 11.2. The van der Waals surface area contributed by atoms with Crippen LogP contribution in [0.3, 0.4) is 0 Å². The van der Waals surface area contributed by atoms with Gasteiger partial charge in [-0.05, 0) is 35.9 Å². The lowest BCUT2D eigenvalue weighted by Crippen LogP contribution is -2.11. The minimum atomic E-state index is -3.61. The molecule has 0 atom stereocenters. The summed E-state index contributed by atoms with van der Waals surface area (Å²) in [5.74, 6) is -0.163. The van der Waals surface area contributed by atoms with Crippen molar-refractivity contribution in [3.05, 3.63) is 53.1 Å². The van der Waals surface area contributed by atoms with E-state index in [2.05, 4.69) is 5.11 Å². The average molecular weight is 338 g/mol. The van der Waals surface area contributed by atoms with Gasteiger partial charge in [-0.25, -0.2) is 13.9 Å². The fraction of sp³-hybridized carbons (Fsp3) is 0.200. The van der Waals surface area contributed by atoms with Crippen molar-refractivity contribution in [2.24, 2.45) is 5.11 Å². The van der Waals surface area contributed by atoms with Gasteiger partial charge in [-0.2, -0.15) is 5.11 Å². The van der Waals surface area contributed by atoms with Crippen LogP contribution in [0.1, 0.15) is 5.56 Å². The Morgan fingerprint density at radius 3 is 2.32 bits per heavy atom. The van der Waals surface area contributed by atoms with E-state index in [1.807, 2.05) is 14.1 Å². The Kier molecular flexibility index (Phi) is 4.83. The molecule has 0 radical (unpaired) electrons. The number of sulfone groups is 1. The molecule has 0 amide bonds. The molecule has 0 saturated heterocycles. The van der Waals surface area contributed by atoms with E-state index in [1.165, 1.54) is 6.07 Å². The first-order valence-corrected chi connectivity index (χ1v) is 8.52. The maximum Gasteiger partial charge on any atom is 0.184 e. The molecule has 2 rings (SSSR count). The first-order chi connectivity index (χ1) is 10.3. The van der Waals surface area contributed by atoms with E-state index in [4.69, 9.17) is 17.1 Å². The molecule has 0 fully saturated rings. The van der Waals surface area contributed by atoms with Crippen molar-refractivity contribution in [2.45, 2.75) is 10.6 Å². The Balaban J connectivity index is 2.45. The highest BCUT2D eigenvalue weighted by atomic mass is 35.5. The van der Waals surface area contributed by atoms with Gasteiger partial charge in [-0.3, -0.25) is 0 Å². The van der Waals surface area contributed by atoms with Crippen molar-refractivity contribution in [1.29, 1.82) is 5.53 Å². The Labute approximate surface area is 135 Å². The zero-order valence-electron chi connectivity index (χ0n) is 12.2. The number of halogens is 1. The maximum atomic E-state index is 12.6. The number of rotatable bonds is 5. The smallest absolute Gasteiger partial charge is 0.184 e. The minimum absolute atomic E-state index is 0.0589. The highest BCUT2D eigenvalue weighted by molar-refractivity contribution is 7.90. The van der Waals surface area contributed by atoms with Crippen molar-refractivity contribution in [1.82, 2.24) is 0 Å². The fourth-order valence-electron chi connectivity index (χ4n) is 2.00. The summed E-state index contributed by atoms with van der Waals surface area (Å²) in [7, 11) is 0.0353. The molecule has 5 nitrogen and oxygen atoms in total. The van der Waals surface area contributed by atoms with E-state index in [1.54, 1.807) is 41.3 Å².